The molecule has 1 saturated heterocycles. The maximum absolute atomic E-state index is 13.3. The number of fused-ring (bicyclic) bond motifs is 1. The highest BCUT2D eigenvalue weighted by molar-refractivity contribution is 5.96. The average molecular weight is 543 g/mol. The van der Waals surface area contributed by atoms with Crippen LogP contribution in [0.15, 0.2) is 66.7 Å². The molecule has 1 atom stereocenters. The van der Waals surface area contributed by atoms with E-state index in [0.717, 1.165) is 74.2 Å². The van der Waals surface area contributed by atoms with Crippen LogP contribution in [0.4, 0.5) is 4.39 Å². The van der Waals surface area contributed by atoms with Gasteiger partial charge in [-0.2, -0.15) is 5.48 Å². The summed E-state index contributed by atoms with van der Waals surface area (Å²) >= 11 is 0. The molecule has 0 radical (unpaired) electrons. The standard InChI is InChI=1S/C35H43FN2O2/c1-35(2,3)31-10-4-27(5-11-31)24-38-18-16-25(17-19-38)8-14-33(39)29-9-15-34-30(22-29)21-28(23-37-40-34)20-26-6-12-32(36)13-7-26/h4-7,9-13,15,22,25,28,37H,8,14,16-21,23-24H2,1-3H3. The first kappa shape index (κ1) is 28.5. The van der Waals surface area contributed by atoms with Crippen molar-refractivity contribution in [3.05, 3.63) is 100 Å². The lowest BCUT2D eigenvalue weighted by atomic mass is 9.86. The van der Waals surface area contributed by atoms with Crippen LogP contribution in [-0.4, -0.2) is 30.3 Å². The second-order valence-corrected chi connectivity index (χ2v) is 12.8. The molecule has 1 unspecified atom stereocenters. The fourth-order valence-electron chi connectivity index (χ4n) is 6.01. The third kappa shape index (κ3) is 7.58. The van der Waals surface area contributed by atoms with Crippen molar-refractivity contribution >= 4 is 5.78 Å². The van der Waals surface area contributed by atoms with Crippen molar-refractivity contribution in [2.24, 2.45) is 11.8 Å². The number of rotatable bonds is 8. The lowest BCUT2D eigenvalue weighted by molar-refractivity contribution is 0.0961. The highest BCUT2D eigenvalue weighted by Crippen LogP contribution is 2.29. The summed E-state index contributed by atoms with van der Waals surface area (Å²) in [6, 6.07) is 21.6. The van der Waals surface area contributed by atoms with Crippen LogP contribution in [0, 0.1) is 17.7 Å². The molecule has 3 aromatic carbocycles. The van der Waals surface area contributed by atoms with E-state index in [1.54, 1.807) is 0 Å². The van der Waals surface area contributed by atoms with E-state index in [-0.39, 0.29) is 17.0 Å². The molecular weight excluding hydrogens is 499 g/mol. The molecule has 0 aromatic heterocycles. The predicted octanol–water partition coefficient (Wildman–Crippen LogP) is 7.30. The van der Waals surface area contributed by atoms with Gasteiger partial charge in [-0.1, -0.05) is 57.2 Å². The number of likely N-dealkylation sites (tertiary alicyclic amines) is 1. The first-order valence-corrected chi connectivity index (χ1v) is 14.8. The monoisotopic (exact) mass is 542 g/mol. The number of hydrogen-bond acceptors (Lipinski definition) is 4. The Labute approximate surface area is 238 Å². The van der Waals surface area contributed by atoms with Crippen LogP contribution in [0.1, 0.15) is 79.1 Å². The maximum atomic E-state index is 13.3. The first-order chi connectivity index (χ1) is 19.2. The molecule has 212 valence electrons. The molecule has 4 nitrogen and oxygen atoms in total. The van der Waals surface area contributed by atoms with Gasteiger partial charge < -0.3 is 4.84 Å². The number of Topliss-reactive ketones (excluding diaryl/α,β-unsaturated/α-hetero) is 1. The number of carbonyl (C=O) groups excluding carboxylic acids is 1. The van der Waals surface area contributed by atoms with Crippen molar-refractivity contribution in [2.75, 3.05) is 19.6 Å². The molecule has 40 heavy (non-hydrogen) atoms. The molecule has 0 aliphatic carbocycles. The number of hydrogen-bond donors (Lipinski definition) is 1. The molecular formula is C35H43FN2O2. The van der Waals surface area contributed by atoms with E-state index in [4.69, 9.17) is 4.84 Å². The average Bonchev–Trinajstić information content (AvgIpc) is 3.14. The highest BCUT2D eigenvalue weighted by Gasteiger charge is 2.23. The number of halogens is 1. The molecule has 1 N–H and O–H groups in total. The maximum Gasteiger partial charge on any atom is 0.162 e. The lowest BCUT2D eigenvalue weighted by Gasteiger charge is -2.32. The van der Waals surface area contributed by atoms with Crippen molar-refractivity contribution in [3.8, 4) is 5.75 Å². The number of piperidine rings is 1. The summed E-state index contributed by atoms with van der Waals surface area (Å²) in [6.45, 7) is 10.7. The van der Waals surface area contributed by atoms with Gasteiger partial charge in [0.2, 0.25) is 0 Å². The molecule has 5 rings (SSSR count). The van der Waals surface area contributed by atoms with Gasteiger partial charge in [-0.05, 0) is 115 Å². The summed E-state index contributed by atoms with van der Waals surface area (Å²) in [6.07, 6.45) is 5.50. The molecule has 2 aliphatic heterocycles. The minimum atomic E-state index is -0.216. The van der Waals surface area contributed by atoms with Gasteiger partial charge >= 0.3 is 0 Å². The Bertz CT molecular complexity index is 1270. The number of nitrogens with zero attached hydrogens (tertiary/aromatic N) is 1. The van der Waals surface area contributed by atoms with Crippen molar-refractivity contribution in [3.63, 3.8) is 0 Å². The second kappa shape index (κ2) is 12.7. The van der Waals surface area contributed by atoms with E-state index in [9.17, 15) is 9.18 Å². The zero-order valence-electron chi connectivity index (χ0n) is 24.2. The zero-order chi connectivity index (χ0) is 28.1. The van der Waals surface area contributed by atoms with Gasteiger partial charge in [-0.3, -0.25) is 9.69 Å². The quantitative estimate of drug-likeness (QED) is 0.303. The van der Waals surface area contributed by atoms with Gasteiger partial charge in [0.05, 0.1) is 0 Å². The molecule has 3 aromatic rings. The Morgan fingerprint density at radius 3 is 2.35 bits per heavy atom. The van der Waals surface area contributed by atoms with E-state index in [2.05, 4.69) is 55.4 Å². The van der Waals surface area contributed by atoms with Gasteiger partial charge in [0, 0.05) is 25.1 Å². The third-order valence-corrected chi connectivity index (χ3v) is 8.60. The summed E-state index contributed by atoms with van der Waals surface area (Å²) in [5.74, 6) is 1.71. The number of benzene rings is 3. The van der Waals surface area contributed by atoms with Crippen LogP contribution in [0.3, 0.4) is 0 Å². The van der Waals surface area contributed by atoms with E-state index in [0.29, 0.717) is 24.8 Å². The van der Waals surface area contributed by atoms with Crippen molar-refractivity contribution in [2.45, 2.75) is 71.3 Å². The van der Waals surface area contributed by atoms with E-state index >= 15 is 0 Å². The lowest BCUT2D eigenvalue weighted by Crippen LogP contribution is -2.33. The van der Waals surface area contributed by atoms with Crippen LogP contribution < -0.4 is 10.3 Å². The third-order valence-electron chi connectivity index (χ3n) is 8.60. The van der Waals surface area contributed by atoms with Gasteiger partial charge in [-0.25, -0.2) is 4.39 Å². The fraction of sp³-hybridized carbons (Fsp3) is 0.457. The first-order valence-electron chi connectivity index (χ1n) is 14.8. The Morgan fingerprint density at radius 2 is 1.65 bits per heavy atom. The summed E-state index contributed by atoms with van der Waals surface area (Å²) in [5, 5.41) is 0. The molecule has 0 bridgehead atoms. The van der Waals surface area contributed by atoms with Crippen molar-refractivity contribution < 1.29 is 14.0 Å². The topological polar surface area (TPSA) is 41.6 Å². The van der Waals surface area contributed by atoms with E-state index in [1.807, 2.05) is 30.3 Å². The highest BCUT2D eigenvalue weighted by atomic mass is 19.1. The minimum absolute atomic E-state index is 0.186. The normalized spacial score (nSPS) is 18.6. The number of nitrogens with one attached hydrogen (secondary N) is 1. The number of ketones is 1. The van der Waals surface area contributed by atoms with E-state index in [1.165, 1.54) is 23.3 Å². The smallest absolute Gasteiger partial charge is 0.162 e. The summed E-state index contributed by atoms with van der Waals surface area (Å²) in [4.78, 5) is 21.5. The number of hydroxylamine groups is 1. The molecule has 0 amide bonds. The Kier molecular flexibility index (Phi) is 9.02. The summed E-state index contributed by atoms with van der Waals surface area (Å²) in [7, 11) is 0. The molecule has 0 saturated carbocycles. The Morgan fingerprint density at radius 1 is 0.950 bits per heavy atom. The largest absolute Gasteiger partial charge is 0.408 e. The Hall–Kier alpha value is -3.02. The van der Waals surface area contributed by atoms with Gasteiger partial charge in [0.15, 0.2) is 5.78 Å². The molecule has 5 heteroatoms. The minimum Gasteiger partial charge on any atom is -0.408 e. The van der Waals surface area contributed by atoms with Crippen LogP contribution >= 0.6 is 0 Å². The Balaban J connectivity index is 1.10. The number of carbonyl (C=O) groups is 1. The molecule has 2 aliphatic rings. The van der Waals surface area contributed by atoms with Crippen LogP contribution in [-0.2, 0) is 24.8 Å². The van der Waals surface area contributed by atoms with Gasteiger partial charge in [0.25, 0.3) is 0 Å². The summed E-state index contributed by atoms with van der Waals surface area (Å²) in [5.41, 5.74) is 8.95. The molecule has 0 spiro atoms. The predicted molar refractivity (Wildman–Crippen MR) is 159 cm³/mol. The molecule has 2 heterocycles. The van der Waals surface area contributed by atoms with Crippen molar-refractivity contribution in [1.29, 1.82) is 0 Å². The second-order valence-electron chi connectivity index (χ2n) is 12.8. The SMILES string of the molecule is CC(C)(C)c1ccc(CN2CCC(CCC(=O)c3ccc4c(c3)CC(Cc3ccc(F)cc3)CNO4)CC2)cc1. The molecule has 1 fully saturated rings. The van der Waals surface area contributed by atoms with Crippen LogP contribution in [0.2, 0.25) is 0 Å². The van der Waals surface area contributed by atoms with Gasteiger partial charge in [-0.15, -0.1) is 0 Å². The van der Waals surface area contributed by atoms with E-state index < -0.39 is 0 Å². The zero-order valence-corrected chi connectivity index (χ0v) is 24.2. The van der Waals surface area contributed by atoms with Crippen molar-refractivity contribution in [1.82, 2.24) is 10.4 Å². The van der Waals surface area contributed by atoms with Gasteiger partial charge in [0.1, 0.15) is 11.6 Å². The van der Waals surface area contributed by atoms with Crippen LogP contribution in [0.5, 0.6) is 5.75 Å². The van der Waals surface area contributed by atoms with Crippen LogP contribution in [0.25, 0.3) is 0 Å². The summed E-state index contributed by atoms with van der Waals surface area (Å²) < 4.78 is 13.3. The fourth-order valence-corrected chi connectivity index (χ4v) is 6.01.